The molecule has 0 bridgehead atoms. The first-order valence-corrected chi connectivity index (χ1v) is 7.08. The summed E-state index contributed by atoms with van der Waals surface area (Å²) >= 11 is 0. The number of nitrogens with one attached hydrogen (secondary N) is 1. The summed E-state index contributed by atoms with van der Waals surface area (Å²) < 4.78 is 63.5. The minimum Gasteiger partial charge on any atom is -0.398 e. The molecule has 0 atom stereocenters. The van der Waals surface area contributed by atoms with Gasteiger partial charge in [0.25, 0.3) is 10.0 Å². The van der Waals surface area contributed by atoms with Gasteiger partial charge in [0, 0.05) is 18.1 Å². The van der Waals surface area contributed by atoms with Crippen LogP contribution in [-0.4, -0.2) is 13.4 Å². The number of nitrogens with two attached hydrogens (primary N) is 1. The highest BCUT2D eigenvalue weighted by molar-refractivity contribution is 7.92. The van der Waals surface area contributed by atoms with Crippen LogP contribution in [0, 0.1) is 0 Å². The number of rotatable bonds is 3. The zero-order chi connectivity index (χ0) is 15.7. The summed E-state index contributed by atoms with van der Waals surface area (Å²) in [5.41, 5.74) is 4.65. The maximum absolute atomic E-state index is 12.4. The fourth-order valence-corrected chi connectivity index (χ4v) is 2.69. The Morgan fingerprint density at radius 3 is 2.24 bits per heavy atom. The fourth-order valence-electron chi connectivity index (χ4n) is 1.55. The van der Waals surface area contributed by atoms with Gasteiger partial charge in [0.15, 0.2) is 0 Å². The third-order valence-electron chi connectivity index (χ3n) is 2.57. The summed E-state index contributed by atoms with van der Waals surface area (Å²) in [5, 5.41) is 0. The molecule has 0 amide bonds. The normalized spacial score (nSPS) is 12.1. The first-order valence-electron chi connectivity index (χ1n) is 5.60. The van der Waals surface area contributed by atoms with Gasteiger partial charge >= 0.3 is 6.18 Å². The van der Waals surface area contributed by atoms with Gasteiger partial charge < -0.3 is 5.73 Å². The molecule has 0 aliphatic rings. The molecule has 2 rings (SSSR count). The van der Waals surface area contributed by atoms with Crippen LogP contribution < -0.4 is 10.5 Å². The fraction of sp³-hybridized carbons (Fsp3) is 0.0833. The van der Waals surface area contributed by atoms with Crippen molar-refractivity contribution >= 4 is 21.4 Å². The average molecular weight is 317 g/mol. The Kier molecular flexibility index (Phi) is 3.77. The van der Waals surface area contributed by atoms with Crippen LogP contribution in [0.15, 0.2) is 47.6 Å². The number of benzene rings is 1. The van der Waals surface area contributed by atoms with Gasteiger partial charge in [-0.1, -0.05) is 0 Å². The Bertz CT molecular complexity index is 743. The zero-order valence-electron chi connectivity index (χ0n) is 10.4. The van der Waals surface area contributed by atoms with E-state index in [1.807, 2.05) is 0 Å². The lowest BCUT2D eigenvalue weighted by atomic mass is 10.2. The van der Waals surface area contributed by atoms with Gasteiger partial charge in [0.1, 0.15) is 4.90 Å². The van der Waals surface area contributed by atoms with Crippen LogP contribution in [0.2, 0.25) is 0 Å². The Morgan fingerprint density at radius 1 is 1.10 bits per heavy atom. The molecular weight excluding hydrogens is 307 g/mol. The highest BCUT2D eigenvalue weighted by Crippen LogP contribution is 2.30. The van der Waals surface area contributed by atoms with Crippen molar-refractivity contribution < 1.29 is 21.6 Å². The quantitative estimate of drug-likeness (QED) is 0.911. The van der Waals surface area contributed by atoms with Crippen molar-refractivity contribution in [2.24, 2.45) is 0 Å². The van der Waals surface area contributed by atoms with Gasteiger partial charge in [-0.25, -0.2) is 8.42 Å². The molecule has 112 valence electrons. The predicted molar refractivity (Wildman–Crippen MR) is 70.9 cm³/mol. The second-order valence-electron chi connectivity index (χ2n) is 4.09. The molecule has 0 radical (unpaired) electrons. The molecular formula is C12H10F3N3O2S. The summed E-state index contributed by atoms with van der Waals surface area (Å²) in [6.07, 6.45) is -2.10. The number of anilines is 2. The van der Waals surface area contributed by atoms with Gasteiger partial charge in [0.05, 0.1) is 11.3 Å². The first kappa shape index (κ1) is 15.1. The van der Waals surface area contributed by atoms with Crippen LogP contribution in [0.3, 0.4) is 0 Å². The van der Waals surface area contributed by atoms with E-state index >= 15 is 0 Å². The minimum absolute atomic E-state index is 0.00810. The van der Waals surface area contributed by atoms with E-state index < -0.39 is 21.8 Å². The number of nitrogen functional groups attached to an aromatic ring is 1. The van der Waals surface area contributed by atoms with Crippen molar-refractivity contribution in [1.29, 1.82) is 0 Å². The van der Waals surface area contributed by atoms with Crippen molar-refractivity contribution in [3.05, 3.63) is 48.3 Å². The average Bonchev–Trinajstić information content (AvgIpc) is 2.38. The lowest BCUT2D eigenvalue weighted by molar-refractivity contribution is -0.137. The van der Waals surface area contributed by atoms with E-state index in [0.29, 0.717) is 0 Å². The van der Waals surface area contributed by atoms with Gasteiger partial charge in [-0.3, -0.25) is 9.71 Å². The largest absolute Gasteiger partial charge is 0.416 e. The smallest absolute Gasteiger partial charge is 0.398 e. The Labute approximate surface area is 118 Å². The predicted octanol–water partition coefficient (Wildman–Crippen LogP) is 2.48. The van der Waals surface area contributed by atoms with E-state index in [-0.39, 0.29) is 16.3 Å². The van der Waals surface area contributed by atoms with Gasteiger partial charge in [-0.2, -0.15) is 13.2 Å². The molecule has 0 saturated carbocycles. The van der Waals surface area contributed by atoms with Crippen LogP contribution in [-0.2, 0) is 16.2 Å². The number of hydrogen-bond acceptors (Lipinski definition) is 4. The number of halogens is 3. The second-order valence-corrected chi connectivity index (χ2v) is 5.74. The van der Waals surface area contributed by atoms with Crippen molar-refractivity contribution in [1.82, 2.24) is 4.98 Å². The highest BCUT2D eigenvalue weighted by atomic mass is 32.2. The third kappa shape index (κ3) is 3.43. The van der Waals surface area contributed by atoms with Crippen LogP contribution in [0.5, 0.6) is 0 Å². The molecule has 2 aromatic rings. The minimum atomic E-state index is -4.48. The topological polar surface area (TPSA) is 85.1 Å². The van der Waals surface area contributed by atoms with Crippen LogP contribution >= 0.6 is 0 Å². The molecule has 3 N–H and O–H groups in total. The van der Waals surface area contributed by atoms with E-state index in [2.05, 4.69) is 9.71 Å². The molecule has 1 heterocycles. The van der Waals surface area contributed by atoms with E-state index in [9.17, 15) is 21.6 Å². The first-order chi connectivity index (χ1) is 9.70. The molecule has 0 saturated heterocycles. The van der Waals surface area contributed by atoms with Gasteiger partial charge in [-0.15, -0.1) is 0 Å². The Morgan fingerprint density at radius 2 is 1.71 bits per heavy atom. The number of pyridine rings is 1. The Hall–Kier alpha value is -2.29. The van der Waals surface area contributed by atoms with Crippen molar-refractivity contribution in [3.8, 4) is 0 Å². The lowest BCUT2D eigenvalue weighted by Crippen LogP contribution is -2.15. The van der Waals surface area contributed by atoms with E-state index in [1.54, 1.807) is 0 Å². The highest BCUT2D eigenvalue weighted by Gasteiger charge is 2.30. The number of sulfonamides is 1. The van der Waals surface area contributed by atoms with Crippen molar-refractivity contribution in [2.45, 2.75) is 11.1 Å². The number of hydrogen-bond donors (Lipinski definition) is 2. The van der Waals surface area contributed by atoms with Crippen LogP contribution in [0.4, 0.5) is 24.5 Å². The summed E-state index contributed by atoms with van der Waals surface area (Å²) in [6.45, 7) is 0. The van der Waals surface area contributed by atoms with Crippen LogP contribution in [0.25, 0.3) is 0 Å². The number of aromatic nitrogens is 1. The van der Waals surface area contributed by atoms with Crippen LogP contribution in [0.1, 0.15) is 5.56 Å². The van der Waals surface area contributed by atoms with Crippen molar-refractivity contribution in [3.63, 3.8) is 0 Å². The zero-order valence-corrected chi connectivity index (χ0v) is 11.2. The maximum Gasteiger partial charge on any atom is 0.416 e. The summed E-state index contributed by atoms with van der Waals surface area (Å²) in [4.78, 5) is 3.41. The molecule has 9 heteroatoms. The molecule has 21 heavy (non-hydrogen) atoms. The standard InChI is InChI=1S/C12H10F3N3O2S/c13-12(14,15)8-1-3-9(4-2-8)18-21(19,20)11-7-17-6-5-10(11)16/h1-7,18H,(H2,16,17). The van der Waals surface area contributed by atoms with E-state index in [0.717, 1.165) is 30.5 Å². The summed E-state index contributed by atoms with van der Waals surface area (Å²) in [5.74, 6) is 0. The number of nitrogens with zero attached hydrogens (tertiary/aromatic N) is 1. The van der Waals surface area contributed by atoms with E-state index in [1.165, 1.54) is 12.3 Å². The molecule has 0 unspecified atom stereocenters. The second kappa shape index (κ2) is 5.24. The molecule has 5 nitrogen and oxygen atoms in total. The monoisotopic (exact) mass is 317 g/mol. The lowest BCUT2D eigenvalue weighted by Gasteiger charge is -2.11. The number of alkyl halides is 3. The summed E-state index contributed by atoms with van der Waals surface area (Å²) in [7, 11) is -4.01. The molecule has 0 fully saturated rings. The third-order valence-corrected chi connectivity index (χ3v) is 3.99. The molecule has 0 spiro atoms. The van der Waals surface area contributed by atoms with Gasteiger partial charge in [0.2, 0.25) is 0 Å². The SMILES string of the molecule is Nc1ccncc1S(=O)(=O)Nc1ccc(C(F)(F)F)cc1. The molecule has 0 aliphatic heterocycles. The molecule has 1 aromatic carbocycles. The van der Waals surface area contributed by atoms with Gasteiger partial charge in [-0.05, 0) is 30.3 Å². The maximum atomic E-state index is 12.4. The summed E-state index contributed by atoms with van der Waals surface area (Å²) in [6, 6.07) is 4.91. The van der Waals surface area contributed by atoms with E-state index in [4.69, 9.17) is 5.73 Å². The molecule has 0 aliphatic carbocycles. The van der Waals surface area contributed by atoms with Crippen molar-refractivity contribution in [2.75, 3.05) is 10.5 Å². The Balaban J connectivity index is 2.28. The molecule has 1 aromatic heterocycles.